The maximum atomic E-state index is 3.50. The van der Waals surface area contributed by atoms with Gasteiger partial charge in [-0.2, -0.15) is 0 Å². The predicted octanol–water partition coefficient (Wildman–Crippen LogP) is 3.42. The van der Waals surface area contributed by atoms with Crippen LogP contribution in [-0.2, 0) is 0 Å². The van der Waals surface area contributed by atoms with Gasteiger partial charge in [-0.15, -0.1) is 0 Å². The van der Waals surface area contributed by atoms with E-state index in [1.54, 1.807) is 0 Å². The van der Waals surface area contributed by atoms with Gasteiger partial charge in [0.15, 0.2) is 0 Å². The van der Waals surface area contributed by atoms with Gasteiger partial charge in [-0.05, 0) is 26.8 Å². The lowest BCUT2D eigenvalue weighted by Crippen LogP contribution is -2.55. The summed E-state index contributed by atoms with van der Waals surface area (Å²) in [4.78, 5) is 2.68. The lowest BCUT2D eigenvalue weighted by molar-refractivity contribution is 0.114. The summed E-state index contributed by atoms with van der Waals surface area (Å²) in [6.07, 6.45) is 9.92. The Hall–Kier alpha value is -0.0800. The van der Waals surface area contributed by atoms with Crippen LogP contribution in [0.15, 0.2) is 0 Å². The van der Waals surface area contributed by atoms with E-state index in [4.69, 9.17) is 0 Å². The van der Waals surface area contributed by atoms with E-state index >= 15 is 0 Å². The summed E-state index contributed by atoms with van der Waals surface area (Å²) in [6.45, 7) is 10.6. The molecule has 0 aromatic carbocycles. The second kappa shape index (κ2) is 8.93. The Morgan fingerprint density at radius 1 is 0.882 bits per heavy atom. The number of hydrogen-bond donors (Lipinski definition) is 1. The molecule has 1 rings (SSSR count). The lowest BCUT2D eigenvalue weighted by Gasteiger charge is -2.39. The SMILES string of the molecule is CCCCCCCCCN1C(C)CNCC1C. The van der Waals surface area contributed by atoms with Crippen LogP contribution in [0, 0.1) is 0 Å². The third-order valence-corrected chi connectivity index (χ3v) is 4.03. The average molecular weight is 240 g/mol. The highest BCUT2D eigenvalue weighted by molar-refractivity contribution is 4.82. The highest BCUT2D eigenvalue weighted by Gasteiger charge is 2.23. The smallest absolute Gasteiger partial charge is 0.0195 e. The minimum Gasteiger partial charge on any atom is -0.314 e. The number of nitrogens with zero attached hydrogens (tertiary/aromatic N) is 1. The number of hydrogen-bond acceptors (Lipinski definition) is 2. The van der Waals surface area contributed by atoms with Gasteiger partial charge < -0.3 is 5.32 Å². The summed E-state index contributed by atoms with van der Waals surface area (Å²) in [6, 6.07) is 1.44. The topological polar surface area (TPSA) is 15.3 Å². The monoisotopic (exact) mass is 240 g/mol. The van der Waals surface area contributed by atoms with Crippen LogP contribution in [0.1, 0.15) is 65.7 Å². The van der Waals surface area contributed by atoms with Crippen molar-refractivity contribution < 1.29 is 0 Å². The Bertz CT molecular complexity index is 172. The highest BCUT2D eigenvalue weighted by atomic mass is 15.2. The molecule has 0 aliphatic carbocycles. The van der Waals surface area contributed by atoms with E-state index in [9.17, 15) is 0 Å². The normalized spacial score (nSPS) is 26.3. The maximum absolute atomic E-state index is 3.50. The molecule has 1 heterocycles. The van der Waals surface area contributed by atoms with Crippen LogP contribution in [0.5, 0.6) is 0 Å². The molecule has 2 unspecified atom stereocenters. The number of nitrogens with one attached hydrogen (secondary N) is 1. The Kier molecular flexibility index (Phi) is 7.87. The molecule has 102 valence electrons. The van der Waals surface area contributed by atoms with Crippen molar-refractivity contribution in [1.29, 1.82) is 0 Å². The molecule has 0 amide bonds. The van der Waals surface area contributed by atoms with E-state index in [1.807, 2.05) is 0 Å². The molecule has 2 nitrogen and oxygen atoms in total. The Morgan fingerprint density at radius 2 is 1.41 bits per heavy atom. The van der Waals surface area contributed by atoms with Crippen LogP contribution in [0.2, 0.25) is 0 Å². The van der Waals surface area contributed by atoms with Gasteiger partial charge in [0.1, 0.15) is 0 Å². The van der Waals surface area contributed by atoms with Gasteiger partial charge in [0.2, 0.25) is 0 Å². The van der Waals surface area contributed by atoms with Crippen molar-refractivity contribution in [3.05, 3.63) is 0 Å². The van der Waals surface area contributed by atoms with E-state index in [-0.39, 0.29) is 0 Å². The molecule has 0 radical (unpaired) electrons. The molecule has 0 saturated carbocycles. The summed E-state index contributed by atoms with van der Waals surface area (Å²) < 4.78 is 0. The summed E-state index contributed by atoms with van der Waals surface area (Å²) in [5.74, 6) is 0. The van der Waals surface area contributed by atoms with E-state index in [0.717, 1.165) is 12.1 Å². The zero-order valence-electron chi connectivity index (χ0n) is 12.2. The fourth-order valence-electron chi connectivity index (χ4n) is 2.86. The third-order valence-electron chi connectivity index (χ3n) is 4.03. The first-order valence-electron chi connectivity index (χ1n) is 7.72. The van der Waals surface area contributed by atoms with Crippen LogP contribution in [0.3, 0.4) is 0 Å². The van der Waals surface area contributed by atoms with Gasteiger partial charge in [-0.3, -0.25) is 4.90 Å². The highest BCUT2D eigenvalue weighted by Crippen LogP contribution is 2.13. The molecule has 0 aromatic rings. The molecular formula is C15H32N2. The lowest BCUT2D eigenvalue weighted by atomic mass is 10.1. The molecule has 0 bridgehead atoms. The second-order valence-corrected chi connectivity index (χ2v) is 5.72. The molecule has 1 saturated heterocycles. The van der Waals surface area contributed by atoms with Crippen molar-refractivity contribution in [1.82, 2.24) is 10.2 Å². The summed E-state index contributed by atoms with van der Waals surface area (Å²) in [7, 11) is 0. The van der Waals surface area contributed by atoms with Crippen LogP contribution in [0.25, 0.3) is 0 Å². The van der Waals surface area contributed by atoms with Crippen LogP contribution in [0.4, 0.5) is 0 Å². The van der Waals surface area contributed by atoms with Crippen LogP contribution >= 0.6 is 0 Å². The Labute approximate surface area is 108 Å². The average Bonchev–Trinajstić information content (AvgIpc) is 2.31. The molecular weight excluding hydrogens is 208 g/mol. The number of piperazine rings is 1. The van der Waals surface area contributed by atoms with Crippen molar-refractivity contribution in [3.63, 3.8) is 0 Å². The molecule has 1 fully saturated rings. The van der Waals surface area contributed by atoms with E-state index in [2.05, 4.69) is 31.0 Å². The summed E-state index contributed by atoms with van der Waals surface area (Å²) in [5.41, 5.74) is 0. The quantitative estimate of drug-likeness (QED) is 0.654. The minimum absolute atomic E-state index is 0.721. The van der Waals surface area contributed by atoms with Gasteiger partial charge in [0.05, 0.1) is 0 Å². The first kappa shape index (κ1) is 15.0. The molecule has 1 aliphatic rings. The van der Waals surface area contributed by atoms with E-state index in [1.165, 1.54) is 64.6 Å². The van der Waals surface area contributed by atoms with Crippen molar-refractivity contribution in [2.75, 3.05) is 19.6 Å². The van der Waals surface area contributed by atoms with Crippen LogP contribution < -0.4 is 5.32 Å². The molecule has 2 atom stereocenters. The first-order chi connectivity index (χ1) is 8.25. The van der Waals surface area contributed by atoms with Crippen molar-refractivity contribution in [3.8, 4) is 0 Å². The standard InChI is InChI=1S/C15H32N2/c1-4-5-6-7-8-9-10-11-17-14(2)12-16-13-15(17)3/h14-16H,4-13H2,1-3H3. The fraction of sp³-hybridized carbons (Fsp3) is 1.00. The van der Waals surface area contributed by atoms with Crippen molar-refractivity contribution >= 4 is 0 Å². The Morgan fingerprint density at radius 3 is 2.00 bits per heavy atom. The zero-order valence-corrected chi connectivity index (χ0v) is 12.2. The van der Waals surface area contributed by atoms with Gasteiger partial charge in [0.25, 0.3) is 0 Å². The predicted molar refractivity (Wildman–Crippen MR) is 76.5 cm³/mol. The molecule has 0 spiro atoms. The van der Waals surface area contributed by atoms with Gasteiger partial charge in [0, 0.05) is 25.2 Å². The second-order valence-electron chi connectivity index (χ2n) is 5.72. The van der Waals surface area contributed by atoms with Crippen LogP contribution in [-0.4, -0.2) is 36.6 Å². The van der Waals surface area contributed by atoms with Crippen molar-refractivity contribution in [2.24, 2.45) is 0 Å². The number of unbranched alkanes of at least 4 members (excludes halogenated alkanes) is 6. The van der Waals surface area contributed by atoms with Crippen molar-refractivity contribution in [2.45, 2.75) is 77.8 Å². The molecule has 0 aromatic heterocycles. The largest absolute Gasteiger partial charge is 0.314 e. The van der Waals surface area contributed by atoms with Gasteiger partial charge in [-0.25, -0.2) is 0 Å². The van der Waals surface area contributed by atoms with Gasteiger partial charge in [-0.1, -0.05) is 45.4 Å². The van der Waals surface area contributed by atoms with Gasteiger partial charge >= 0.3 is 0 Å². The maximum Gasteiger partial charge on any atom is 0.0195 e. The van der Waals surface area contributed by atoms with E-state index < -0.39 is 0 Å². The number of rotatable bonds is 8. The zero-order chi connectivity index (χ0) is 12.5. The fourth-order valence-corrected chi connectivity index (χ4v) is 2.86. The first-order valence-corrected chi connectivity index (χ1v) is 7.72. The minimum atomic E-state index is 0.721. The molecule has 17 heavy (non-hydrogen) atoms. The Balaban J connectivity index is 2.01. The molecule has 1 N–H and O–H groups in total. The third kappa shape index (κ3) is 5.87. The molecule has 2 heteroatoms. The van der Waals surface area contributed by atoms with E-state index in [0.29, 0.717) is 0 Å². The molecule has 1 aliphatic heterocycles. The summed E-state index contributed by atoms with van der Waals surface area (Å²) >= 11 is 0. The summed E-state index contributed by atoms with van der Waals surface area (Å²) in [5, 5.41) is 3.50.